The minimum absolute atomic E-state index is 0.134. The molecule has 0 fully saturated rings. The van der Waals surface area contributed by atoms with Crippen LogP contribution in [0.4, 0.5) is 5.95 Å². The number of nitrogens with zero attached hydrogens (tertiary/aromatic N) is 2. The number of aromatic amines is 1. The third kappa shape index (κ3) is 3.66. The van der Waals surface area contributed by atoms with E-state index >= 15 is 0 Å². The number of carbonyl (C=O) groups excluding carboxylic acids is 1. The average Bonchev–Trinajstić information content (AvgIpc) is 2.57. The highest BCUT2D eigenvalue weighted by atomic mass is 16.5. The highest BCUT2D eigenvalue weighted by molar-refractivity contribution is 5.88. The molecule has 13 heavy (non-hydrogen) atoms. The molecule has 0 aliphatic heterocycles. The number of amides is 1. The number of nitrogens with one attached hydrogen (secondary N) is 2. The van der Waals surface area contributed by atoms with Crippen molar-refractivity contribution in [1.29, 1.82) is 0 Å². The second-order valence-electron chi connectivity index (χ2n) is 2.33. The number of rotatable bonds is 5. The molecule has 1 aromatic heterocycles. The highest BCUT2D eigenvalue weighted by Crippen LogP contribution is 1.94. The lowest BCUT2D eigenvalue weighted by Gasteiger charge is -2.00. The lowest BCUT2D eigenvalue weighted by atomic mass is 10.4. The Morgan fingerprint density at radius 3 is 3.23 bits per heavy atom. The van der Waals surface area contributed by atoms with E-state index in [1.807, 2.05) is 6.92 Å². The first-order valence-corrected chi connectivity index (χ1v) is 4.06. The van der Waals surface area contributed by atoms with Gasteiger partial charge < -0.3 is 4.74 Å². The van der Waals surface area contributed by atoms with Crippen molar-refractivity contribution in [2.24, 2.45) is 0 Å². The number of hydrogen-bond acceptors (Lipinski definition) is 4. The lowest BCUT2D eigenvalue weighted by Crippen LogP contribution is -2.15. The summed E-state index contributed by atoms with van der Waals surface area (Å²) in [5, 5.41) is 8.65. The summed E-state index contributed by atoms with van der Waals surface area (Å²) in [5.41, 5.74) is 0. The Hall–Kier alpha value is -1.43. The molecule has 0 saturated heterocycles. The van der Waals surface area contributed by atoms with E-state index in [9.17, 15) is 4.79 Å². The summed E-state index contributed by atoms with van der Waals surface area (Å²) >= 11 is 0. The topological polar surface area (TPSA) is 79.9 Å². The van der Waals surface area contributed by atoms with Gasteiger partial charge in [0.2, 0.25) is 11.9 Å². The minimum Gasteiger partial charge on any atom is -0.381 e. The minimum atomic E-state index is -0.134. The number of ether oxygens (including phenoxy) is 1. The molecule has 0 atom stereocenters. The summed E-state index contributed by atoms with van der Waals surface area (Å²) in [5.74, 6) is 0.228. The monoisotopic (exact) mass is 184 g/mol. The Bertz CT molecular complexity index is 247. The van der Waals surface area contributed by atoms with Crippen molar-refractivity contribution in [1.82, 2.24) is 15.2 Å². The van der Waals surface area contributed by atoms with Crippen LogP contribution in [0.3, 0.4) is 0 Å². The first-order valence-electron chi connectivity index (χ1n) is 4.06. The van der Waals surface area contributed by atoms with Crippen LogP contribution >= 0.6 is 0 Å². The number of H-pyrrole nitrogens is 1. The van der Waals surface area contributed by atoms with Crippen LogP contribution < -0.4 is 5.32 Å². The zero-order valence-electron chi connectivity index (χ0n) is 7.41. The number of aromatic nitrogens is 3. The molecular formula is C7H12N4O2. The molecule has 6 heteroatoms. The molecular weight excluding hydrogens is 172 g/mol. The van der Waals surface area contributed by atoms with Crippen LogP contribution in [0, 0.1) is 0 Å². The largest absolute Gasteiger partial charge is 0.381 e. The molecule has 1 amide bonds. The summed E-state index contributed by atoms with van der Waals surface area (Å²) < 4.78 is 5.02. The van der Waals surface area contributed by atoms with Crippen molar-refractivity contribution in [3.63, 3.8) is 0 Å². The lowest BCUT2D eigenvalue weighted by molar-refractivity contribution is -0.117. The van der Waals surface area contributed by atoms with E-state index in [1.54, 1.807) is 0 Å². The third-order valence-corrected chi connectivity index (χ3v) is 1.35. The van der Waals surface area contributed by atoms with Crippen molar-refractivity contribution in [2.45, 2.75) is 13.3 Å². The van der Waals surface area contributed by atoms with Crippen LogP contribution in [0.2, 0.25) is 0 Å². The van der Waals surface area contributed by atoms with Crippen LogP contribution in [-0.2, 0) is 9.53 Å². The zero-order chi connectivity index (χ0) is 9.52. The van der Waals surface area contributed by atoms with Crippen LogP contribution in [0.1, 0.15) is 13.3 Å². The second-order valence-corrected chi connectivity index (χ2v) is 2.33. The van der Waals surface area contributed by atoms with Gasteiger partial charge in [0.15, 0.2) is 0 Å². The smallest absolute Gasteiger partial charge is 0.229 e. The van der Waals surface area contributed by atoms with Crippen molar-refractivity contribution < 1.29 is 9.53 Å². The van der Waals surface area contributed by atoms with E-state index in [0.717, 1.165) is 0 Å². The predicted octanol–water partition coefficient (Wildman–Crippen LogP) is 0.170. The van der Waals surface area contributed by atoms with Crippen LogP contribution in [0.15, 0.2) is 6.33 Å². The Labute approximate surface area is 75.7 Å². The number of carbonyl (C=O) groups is 1. The van der Waals surface area contributed by atoms with E-state index < -0.39 is 0 Å². The van der Waals surface area contributed by atoms with Gasteiger partial charge in [-0.05, 0) is 6.92 Å². The van der Waals surface area contributed by atoms with E-state index in [4.69, 9.17) is 4.74 Å². The summed E-state index contributed by atoms with van der Waals surface area (Å²) in [6.07, 6.45) is 1.66. The Morgan fingerprint density at radius 2 is 2.62 bits per heavy atom. The van der Waals surface area contributed by atoms with Gasteiger partial charge in [-0.1, -0.05) is 0 Å². The molecule has 0 bridgehead atoms. The van der Waals surface area contributed by atoms with Gasteiger partial charge in [-0.15, -0.1) is 0 Å². The van der Waals surface area contributed by atoms with Gasteiger partial charge >= 0.3 is 0 Å². The molecule has 72 valence electrons. The fourth-order valence-corrected chi connectivity index (χ4v) is 0.769. The maximum absolute atomic E-state index is 11.1. The van der Waals surface area contributed by atoms with Crippen molar-refractivity contribution >= 4 is 11.9 Å². The maximum Gasteiger partial charge on any atom is 0.229 e. The fraction of sp³-hybridized carbons (Fsp3) is 0.571. The van der Waals surface area contributed by atoms with E-state index in [2.05, 4.69) is 20.5 Å². The summed E-state index contributed by atoms with van der Waals surface area (Å²) in [4.78, 5) is 14.9. The van der Waals surface area contributed by atoms with Gasteiger partial charge in [0.1, 0.15) is 6.33 Å². The summed E-state index contributed by atoms with van der Waals surface area (Å²) in [6.45, 7) is 2.93. The molecule has 0 saturated carbocycles. The van der Waals surface area contributed by atoms with Crippen LogP contribution in [0.5, 0.6) is 0 Å². The number of anilines is 1. The molecule has 0 aliphatic rings. The molecule has 0 radical (unpaired) electrons. The SMILES string of the molecule is CCOCCC(=O)Nc1ncn[nH]1. The fourth-order valence-electron chi connectivity index (χ4n) is 0.769. The predicted molar refractivity (Wildman–Crippen MR) is 46.1 cm³/mol. The first-order chi connectivity index (χ1) is 6.33. The van der Waals surface area contributed by atoms with Gasteiger partial charge in [-0.25, -0.2) is 5.10 Å². The molecule has 0 spiro atoms. The average molecular weight is 184 g/mol. The molecule has 6 nitrogen and oxygen atoms in total. The molecule has 1 heterocycles. The summed E-state index contributed by atoms with van der Waals surface area (Å²) in [7, 11) is 0. The van der Waals surface area contributed by atoms with E-state index in [1.165, 1.54) is 6.33 Å². The standard InChI is InChI=1S/C7H12N4O2/c1-2-13-4-3-6(12)10-7-8-5-9-11-7/h5H,2-4H2,1H3,(H2,8,9,10,11,12). The molecule has 2 N–H and O–H groups in total. The number of hydrogen-bond donors (Lipinski definition) is 2. The summed E-state index contributed by atoms with van der Waals surface area (Å²) in [6, 6.07) is 0. The van der Waals surface area contributed by atoms with Gasteiger partial charge in [-0.3, -0.25) is 10.1 Å². The second kappa shape index (κ2) is 5.26. The zero-order valence-corrected chi connectivity index (χ0v) is 7.41. The van der Waals surface area contributed by atoms with Crippen molar-refractivity contribution in [3.8, 4) is 0 Å². The van der Waals surface area contributed by atoms with Crippen LogP contribution in [0.25, 0.3) is 0 Å². The third-order valence-electron chi connectivity index (χ3n) is 1.35. The maximum atomic E-state index is 11.1. The van der Waals surface area contributed by atoms with Gasteiger partial charge in [-0.2, -0.15) is 10.1 Å². The normalized spacial score (nSPS) is 9.92. The van der Waals surface area contributed by atoms with Crippen molar-refractivity contribution in [2.75, 3.05) is 18.5 Å². The van der Waals surface area contributed by atoms with Crippen molar-refractivity contribution in [3.05, 3.63) is 6.33 Å². The highest BCUT2D eigenvalue weighted by Gasteiger charge is 2.02. The quantitative estimate of drug-likeness (QED) is 0.639. The Morgan fingerprint density at radius 1 is 1.77 bits per heavy atom. The van der Waals surface area contributed by atoms with E-state index in [-0.39, 0.29) is 5.91 Å². The van der Waals surface area contributed by atoms with Crippen LogP contribution in [-0.4, -0.2) is 34.3 Å². The van der Waals surface area contributed by atoms with Gasteiger partial charge in [0.05, 0.1) is 13.0 Å². The van der Waals surface area contributed by atoms with Gasteiger partial charge in [0.25, 0.3) is 0 Å². The Balaban J connectivity index is 2.18. The molecule has 0 unspecified atom stereocenters. The molecule has 1 aromatic rings. The molecule has 1 rings (SSSR count). The van der Waals surface area contributed by atoms with Gasteiger partial charge in [0, 0.05) is 6.61 Å². The van der Waals surface area contributed by atoms with E-state index in [0.29, 0.717) is 25.6 Å². The molecule has 0 aromatic carbocycles. The Kier molecular flexibility index (Phi) is 3.90. The molecule has 0 aliphatic carbocycles. The first kappa shape index (κ1) is 9.66.